The second-order valence-corrected chi connectivity index (χ2v) is 1.56. The van der Waals surface area contributed by atoms with E-state index in [0.29, 0.717) is 19.3 Å². The minimum absolute atomic E-state index is 0.0972. The molecule has 0 aliphatic heterocycles. The summed E-state index contributed by atoms with van der Waals surface area (Å²) in [6.45, 7) is -0.216. The van der Waals surface area contributed by atoms with E-state index in [1.165, 1.54) is 0 Å². The van der Waals surface area contributed by atoms with Gasteiger partial charge in [0.25, 0.3) is 0 Å². The summed E-state index contributed by atoms with van der Waals surface area (Å²) >= 11 is 0. The van der Waals surface area contributed by atoms with E-state index in [1.807, 2.05) is 0 Å². The van der Waals surface area contributed by atoms with Crippen LogP contribution in [0.4, 0.5) is 8.92 Å². The highest BCUT2D eigenvalue weighted by Crippen LogP contribution is 1.95. The molecular weight excluding hydrogens is 114 g/mol. The average molecular weight is 124 g/mol. The minimum Gasteiger partial charge on any atom is -0.251 e. The largest absolute Gasteiger partial charge is 0.251 e. The molecule has 50 valence electrons. The van der Waals surface area contributed by atoms with Crippen LogP contribution < -0.4 is 0 Å². The monoisotopic (exact) mass is 124 g/mol. The molecule has 0 saturated carbocycles. The van der Waals surface area contributed by atoms with Gasteiger partial charge in [0, 0.05) is 0 Å². The summed E-state index contributed by atoms with van der Waals surface area (Å²) < 4.78 is 22.1. The van der Waals surface area contributed by atoms with Gasteiger partial charge in [0.2, 0.25) is 0 Å². The Morgan fingerprint density at radius 1 is 1.12 bits per heavy atom. The van der Waals surface area contributed by atoms with Crippen LogP contribution in [0.25, 0.3) is 0 Å². The Morgan fingerprint density at radius 2 is 1.88 bits per heavy atom. The van der Waals surface area contributed by atoms with Gasteiger partial charge < -0.3 is 0 Å². The molecule has 0 N–H and O–H groups in total. The van der Waals surface area contributed by atoms with E-state index < -0.39 is 0 Å². The molecule has 1 nitrogen and oxygen atoms in total. The van der Waals surface area contributed by atoms with Gasteiger partial charge in [-0.05, 0) is 23.8 Å². The maximum atomic E-state index is 11.3. The molecule has 0 atom stereocenters. The number of hydrogen-bond donors (Lipinski definition) is 0. The van der Waals surface area contributed by atoms with Crippen molar-refractivity contribution in [2.75, 3.05) is 13.3 Å². The van der Waals surface area contributed by atoms with Crippen LogP contribution in [-0.4, -0.2) is 13.3 Å². The first kappa shape index (κ1) is 7.82. The van der Waals surface area contributed by atoms with Crippen molar-refractivity contribution in [2.45, 2.75) is 19.3 Å². The lowest BCUT2D eigenvalue weighted by Gasteiger charge is -1.90. The van der Waals surface area contributed by atoms with E-state index in [1.54, 1.807) is 0 Å². The SMILES string of the molecule is FCCCCCOF. The van der Waals surface area contributed by atoms with Crippen LogP contribution in [0.15, 0.2) is 0 Å². The molecule has 0 aliphatic rings. The quantitative estimate of drug-likeness (QED) is 0.509. The van der Waals surface area contributed by atoms with Gasteiger partial charge in [-0.1, -0.05) is 0 Å². The molecular formula is C5H10F2O. The molecule has 0 spiro atoms. The number of alkyl halides is 1. The third-order valence-corrected chi connectivity index (χ3v) is 0.855. The molecule has 0 fully saturated rings. The molecule has 0 unspecified atom stereocenters. The summed E-state index contributed by atoms with van der Waals surface area (Å²) in [6.07, 6.45) is 1.84. The summed E-state index contributed by atoms with van der Waals surface area (Å²) in [5, 5.41) is 0. The van der Waals surface area contributed by atoms with E-state index in [4.69, 9.17) is 0 Å². The molecule has 0 amide bonds. The average Bonchev–Trinajstić information content (AvgIpc) is 1.81. The number of hydrogen-bond acceptors (Lipinski definition) is 1. The molecule has 8 heavy (non-hydrogen) atoms. The molecule has 0 saturated heterocycles. The van der Waals surface area contributed by atoms with Crippen LogP contribution in [-0.2, 0) is 4.94 Å². The summed E-state index contributed by atoms with van der Waals surface area (Å²) in [5.41, 5.74) is 0. The van der Waals surface area contributed by atoms with E-state index >= 15 is 0 Å². The zero-order valence-corrected chi connectivity index (χ0v) is 4.70. The standard InChI is InChI=1S/C5H10F2O/c6-4-2-1-3-5-8-7/h1-5H2. The lowest BCUT2D eigenvalue weighted by atomic mass is 10.3. The molecule has 0 heterocycles. The first-order valence-corrected chi connectivity index (χ1v) is 2.71. The predicted octanol–water partition coefficient (Wildman–Crippen LogP) is 2.03. The van der Waals surface area contributed by atoms with Crippen molar-refractivity contribution in [2.24, 2.45) is 0 Å². The second kappa shape index (κ2) is 6.82. The van der Waals surface area contributed by atoms with Gasteiger partial charge >= 0.3 is 0 Å². The lowest BCUT2D eigenvalue weighted by molar-refractivity contribution is -0.133. The zero-order valence-electron chi connectivity index (χ0n) is 4.70. The molecule has 0 aromatic heterocycles. The van der Waals surface area contributed by atoms with Crippen molar-refractivity contribution in [3.8, 4) is 0 Å². The van der Waals surface area contributed by atoms with Crippen LogP contribution in [0.1, 0.15) is 19.3 Å². The Morgan fingerprint density at radius 3 is 2.38 bits per heavy atom. The molecule has 3 heteroatoms. The van der Waals surface area contributed by atoms with E-state index in [0.717, 1.165) is 0 Å². The lowest BCUT2D eigenvalue weighted by Crippen LogP contribution is -1.85. The van der Waals surface area contributed by atoms with Gasteiger partial charge in [0.15, 0.2) is 0 Å². The molecule has 0 bridgehead atoms. The smallest absolute Gasteiger partial charge is 0.0894 e. The van der Waals surface area contributed by atoms with Crippen molar-refractivity contribution < 1.29 is 13.9 Å². The van der Waals surface area contributed by atoms with Gasteiger partial charge in [-0.15, -0.1) is 0 Å². The number of halogens is 2. The third kappa shape index (κ3) is 5.82. The van der Waals surface area contributed by atoms with E-state index in [-0.39, 0.29) is 13.3 Å². The van der Waals surface area contributed by atoms with Crippen LogP contribution in [0.5, 0.6) is 0 Å². The fraction of sp³-hybridized carbons (Fsp3) is 1.00. The molecule has 0 aromatic carbocycles. The summed E-state index contributed by atoms with van der Waals surface area (Å²) in [4.78, 5) is 3.27. The molecule has 0 aromatic rings. The summed E-state index contributed by atoms with van der Waals surface area (Å²) in [5.74, 6) is 0. The Hall–Kier alpha value is -0.180. The Labute approximate surface area is 47.5 Å². The highest BCUT2D eigenvalue weighted by Gasteiger charge is 1.86. The fourth-order valence-electron chi connectivity index (χ4n) is 0.428. The van der Waals surface area contributed by atoms with Gasteiger partial charge in [-0.25, -0.2) is 0 Å². The van der Waals surface area contributed by atoms with Crippen molar-refractivity contribution in [1.29, 1.82) is 0 Å². The van der Waals surface area contributed by atoms with Crippen LogP contribution >= 0.6 is 0 Å². The topological polar surface area (TPSA) is 9.23 Å². The first-order valence-electron chi connectivity index (χ1n) is 2.71. The van der Waals surface area contributed by atoms with Crippen molar-refractivity contribution >= 4 is 0 Å². The normalized spacial score (nSPS) is 9.75. The predicted molar refractivity (Wildman–Crippen MR) is 26.9 cm³/mol. The zero-order chi connectivity index (χ0) is 6.24. The van der Waals surface area contributed by atoms with E-state index in [9.17, 15) is 8.92 Å². The highest BCUT2D eigenvalue weighted by atomic mass is 19.3. The van der Waals surface area contributed by atoms with Crippen molar-refractivity contribution in [3.05, 3.63) is 0 Å². The Bertz CT molecular complexity index is 35.4. The molecule has 0 rings (SSSR count). The maximum absolute atomic E-state index is 11.3. The van der Waals surface area contributed by atoms with Crippen LogP contribution in [0.2, 0.25) is 0 Å². The fourth-order valence-corrected chi connectivity index (χ4v) is 0.428. The molecule has 0 aliphatic carbocycles. The van der Waals surface area contributed by atoms with E-state index in [2.05, 4.69) is 4.94 Å². The summed E-state index contributed by atoms with van der Waals surface area (Å²) in [6, 6.07) is 0. The number of unbranched alkanes of at least 4 members (excludes halogenated alkanes) is 2. The highest BCUT2D eigenvalue weighted by molar-refractivity contribution is 4.36. The van der Waals surface area contributed by atoms with Gasteiger partial charge in [0.05, 0.1) is 13.3 Å². The Balaban J connectivity index is 2.53. The molecule has 0 radical (unpaired) electrons. The van der Waals surface area contributed by atoms with Crippen molar-refractivity contribution in [3.63, 3.8) is 0 Å². The van der Waals surface area contributed by atoms with Crippen LogP contribution in [0.3, 0.4) is 0 Å². The van der Waals surface area contributed by atoms with Crippen molar-refractivity contribution in [1.82, 2.24) is 0 Å². The van der Waals surface area contributed by atoms with Crippen LogP contribution in [0, 0.1) is 0 Å². The van der Waals surface area contributed by atoms with Gasteiger partial charge in [-0.2, -0.15) is 4.94 Å². The first-order chi connectivity index (χ1) is 3.91. The van der Waals surface area contributed by atoms with Gasteiger partial charge in [-0.3, -0.25) is 4.39 Å². The van der Waals surface area contributed by atoms with Gasteiger partial charge in [0.1, 0.15) is 0 Å². The minimum atomic E-state index is -0.313. The Kier molecular flexibility index (Phi) is 6.67. The third-order valence-electron chi connectivity index (χ3n) is 0.855. The second-order valence-electron chi connectivity index (χ2n) is 1.56. The maximum Gasteiger partial charge on any atom is 0.0894 e. The number of rotatable bonds is 5. The summed E-state index contributed by atoms with van der Waals surface area (Å²) in [7, 11) is 0.